The Morgan fingerprint density at radius 2 is 2.25 bits per heavy atom. The second kappa shape index (κ2) is 7.19. The maximum absolute atomic E-state index is 5.54. The van der Waals surface area contributed by atoms with Crippen LogP contribution in [0.25, 0.3) is 0 Å². The molecule has 4 heteroatoms. The summed E-state index contributed by atoms with van der Waals surface area (Å²) >= 11 is 0. The van der Waals surface area contributed by atoms with Crippen molar-refractivity contribution in [3.05, 3.63) is 23.9 Å². The Morgan fingerprint density at radius 3 is 2.88 bits per heavy atom. The zero-order chi connectivity index (χ0) is 11.8. The van der Waals surface area contributed by atoms with Gasteiger partial charge in [-0.15, -0.1) is 0 Å². The van der Waals surface area contributed by atoms with Crippen LogP contribution in [0.3, 0.4) is 0 Å². The van der Waals surface area contributed by atoms with Crippen LogP contribution in [0.1, 0.15) is 12.0 Å². The second-order valence-corrected chi connectivity index (χ2v) is 3.81. The van der Waals surface area contributed by atoms with Gasteiger partial charge in [0, 0.05) is 26.4 Å². The monoisotopic (exact) mass is 223 g/mol. The highest BCUT2D eigenvalue weighted by atomic mass is 16.5. The average molecular weight is 223 g/mol. The average Bonchev–Trinajstić information content (AvgIpc) is 2.29. The Morgan fingerprint density at radius 1 is 1.44 bits per heavy atom. The van der Waals surface area contributed by atoms with Crippen molar-refractivity contribution < 1.29 is 4.74 Å². The lowest BCUT2D eigenvalue weighted by Gasteiger charge is -2.23. The van der Waals surface area contributed by atoms with Gasteiger partial charge in [0.1, 0.15) is 5.82 Å². The van der Waals surface area contributed by atoms with Crippen LogP contribution in [0, 0.1) is 6.92 Å². The molecule has 1 aromatic rings. The van der Waals surface area contributed by atoms with Gasteiger partial charge in [0.25, 0.3) is 0 Å². The Bertz CT molecular complexity index is 296. The summed E-state index contributed by atoms with van der Waals surface area (Å²) in [6, 6.07) is 4.09. The third-order valence-electron chi connectivity index (χ3n) is 2.42. The van der Waals surface area contributed by atoms with Crippen LogP contribution in [0.2, 0.25) is 0 Å². The molecule has 16 heavy (non-hydrogen) atoms. The molecular formula is C12H21N3O. The SMILES string of the molecule is COCCN(CCCN)c1cc(C)ccn1. The second-order valence-electron chi connectivity index (χ2n) is 3.81. The molecule has 0 radical (unpaired) electrons. The third-order valence-corrected chi connectivity index (χ3v) is 2.42. The highest BCUT2D eigenvalue weighted by Crippen LogP contribution is 2.12. The standard InChI is InChI=1S/C12H21N3O/c1-11-4-6-14-12(10-11)15(7-3-5-13)8-9-16-2/h4,6,10H,3,5,7-9,13H2,1-2H3. The van der Waals surface area contributed by atoms with Crippen LogP contribution in [0.15, 0.2) is 18.3 Å². The lowest BCUT2D eigenvalue weighted by molar-refractivity contribution is 0.205. The molecule has 0 aromatic carbocycles. The van der Waals surface area contributed by atoms with Crippen LogP contribution in [-0.4, -0.2) is 38.3 Å². The first-order chi connectivity index (χ1) is 7.77. The Balaban J connectivity index is 2.66. The zero-order valence-electron chi connectivity index (χ0n) is 10.1. The molecular weight excluding hydrogens is 202 g/mol. The summed E-state index contributed by atoms with van der Waals surface area (Å²) in [5.74, 6) is 1.01. The van der Waals surface area contributed by atoms with Gasteiger partial charge in [-0.3, -0.25) is 0 Å². The van der Waals surface area contributed by atoms with Crippen LogP contribution >= 0.6 is 0 Å². The van der Waals surface area contributed by atoms with Crippen LogP contribution in [0.5, 0.6) is 0 Å². The van der Waals surface area contributed by atoms with Gasteiger partial charge in [-0.1, -0.05) is 0 Å². The molecule has 0 spiro atoms. The highest BCUT2D eigenvalue weighted by Gasteiger charge is 2.06. The summed E-state index contributed by atoms with van der Waals surface area (Å²) in [5.41, 5.74) is 6.76. The predicted octanol–water partition coefficient (Wildman–Crippen LogP) is 1.19. The van der Waals surface area contributed by atoms with Crippen molar-refractivity contribution >= 4 is 5.82 Å². The topological polar surface area (TPSA) is 51.4 Å². The van der Waals surface area contributed by atoms with Crippen molar-refractivity contribution in [3.63, 3.8) is 0 Å². The Hall–Kier alpha value is -1.13. The van der Waals surface area contributed by atoms with Crippen molar-refractivity contribution in [1.29, 1.82) is 0 Å². The van der Waals surface area contributed by atoms with E-state index in [-0.39, 0.29) is 0 Å². The minimum Gasteiger partial charge on any atom is -0.383 e. The van der Waals surface area contributed by atoms with Crippen LogP contribution in [-0.2, 0) is 4.74 Å². The minimum absolute atomic E-state index is 0.704. The summed E-state index contributed by atoms with van der Waals surface area (Å²) in [4.78, 5) is 6.59. The van der Waals surface area contributed by atoms with E-state index in [2.05, 4.69) is 22.9 Å². The van der Waals surface area contributed by atoms with E-state index in [4.69, 9.17) is 10.5 Å². The minimum atomic E-state index is 0.704. The molecule has 0 amide bonds. The number of anilines is 1. The van der Waals surface area contributed by atoms with Gasteiger partial charge < -0.3 is 15.4 Å². The fraction of sp³-hybridized carbons (Fsp3) is 0.583. The highest BCUT2D eigenvalue weighted by molar-refractivity contribution is 5.40. The first kappa shape index (κ1) is 12.9. The largest absolute Gasteiger partial charge is 0.383 e. The summed E-state index contributed by atoms with van der Waals surface area (Å²) in [6.07, 6.45) is 2.81. The Kier molecular flexibility index (Phi) is 5.82. The number of methoxy groups -OCH3 is 1. The summed E-state index contributed by atoms with van der Waals surface area (Å²) in [6.45, 7) is 5.27. The van der Waals surface area contributed by atoms with Crippen molar-refractivity contribution in [2.45, 2.75) is 13.3 Å². The molecule has 0 saturated heterocycles. The van der Waals surface area contributed by atoms with Gasteiger partial charge in [-0.25, -0.2) is 4.98 Å². The fourth-order valence-electron chi connectivity index (χ4n) is 1.52. The van der Waals surface area contributed by atoms with E-state index in [1.54, 1.807) is 7.11 Å². The van der Waals surface area contributed by atoms with Crippen molar-refractivity contribution in [3.8, 4) is 0 Å². The van der Waals surface area contributed by atoms with Gasteiger partial charge >= 0.3 is 0 Å². The molecule has 0 aliphatic rings. The molecule has 0 unspecified atom stereocenters. The van der Waals surface area contributed by atoms with E-state index >= 15 is 0 Å². The van der Waals surface area contributed by atoms with Crippen molar-refractivity contribution in [2.75, 3.05) is 38.3 Å². The number of hydrogen-bond donors (Lipinski definition) is 1. The van der Waals surface area contributed by atoms with Crippen LogP contribution < -0.4 is 10.6 Å². The maximum Gasteiger partial charge on any atom is 0.128 e. The first-order valence-electron chi connectivity index (χ1n) is 5.64. The molecule has 1 heterocycles. The van der Waals surface area contributed by atoms with E-state index in [0.29, 0.717) is 13.2 Å². The molecule has 0 fully saturated rings. The lowest BCUT2D eigenvalue weighted by atomic mass is 10.2. The summed E-state index contributed by atoms with van der Waals surface area (Å²) in [7, 11) is 1.71. The Labute approximate surface area is 97.4 Å². The van der Waals surface area contributed by atoms with Gasteiger partial charge in [0.15, 0.2) is 0 Å². The molecule has 1 aromatic heterocycles. The number of nitrogens with zero attached hydrogens (tertiary/aromatic N) is 2. The lowest BCUT2D eigenvalue weighted by Crippen LogP contribution is -2.30. The maximum atomic E-state index is 5.54. The molecule has 2 N–H and O–H groups in total. The van der Waals surface area contributed by atoms with Crippen molar-refractivity contribution in [1.82, 2.24) is 4.98 Å². The zero-order valence-corrected chi connectivity index (χ0v) is 10.1. The molecule has 1 rings (SSSR count). The summed E-state index contributed by atoms with van der Waals surface area (Å²) < 4.78 is 5.10. The molecule has 0 saturated carbocycles. The number of pyridine rings is 1. The van der Waals surface area contributed by atoms with Crippen molar-refractivity contribution in [2.24, 2.45) is 5.73 Å². The number of aryl methyl sites for hydroxylation is 1. The molecule has 0 bridgehead atoms. The molecule has 0 aliphatic heterocycles. The van der Waals surface area contributed by atoms with E-state index in [9.17, 15) is 0 Å². The quantitative estimate of drug-likeness (QED) is 0.754. The van der Waals surface area contributed by atoms with Gasteiger partial charge in [-0.2, -0.15) is 0 Å². The molecule has 0 aliphatic carbocycles. The van der Waals surface area contributed by atoms with Crippen LogP contribution in [0.4, 0.5) is 5.82 Å². The molecule has 4 nitrogen and oxygen atoms in total. The number of hydrogen-bond acceptors (Lipinski definition) is 4. The third kappa shape index (κ3) is 4.16. The number of ether oxygens (including phenoxy) is 1. The van der Waals surface area contributed by atoms with E-state index < -0.39 is 0 Å². The normalized spacial score (nSPS) is 10.4. The molecule has 90 valence electrons. The fourth-order valence-corrected chi connectivity index (χ4v) is 1.52. The number of aromatic nitrogens is 1. The summed E-state index contributed by atoms with van der Waals surface area (Å²) in [5, 5.41) is 0. The predicted molar refractivity (Wildman–Crippen MR) is 66.7 cm³/mol. The first-order valence-corrected chi connectivity index (χ1v) is 5.64. The number of rotatable bonds is 7. The van der Waals surface area contributed by atoms with E-state index in [1.807, 2.05) is 12.3 Å². The van der Waals surface area contributed by atoms with E-state index in [0.717, 1.165) is 25.3 Å². The van der Waals surface area contributed by atoms with E-state index in [1.165, 1.54) is 5.56 Å². The number of nitrogens with two attached hydrogens (primary N) is 1. The van der Waals surface area contributed by atoms with Gasteiger partial charge in [-0.05, 0) is 37.6 Å². The molecule has 0 atom stereocenters. The van der Waals surface area contributed by atoms with Gasteiger partial charge in [0.05, 0.1) is 6.61 Å². The van der Waals surface area contributed by atoms with Gasteiger partial charge in [0.2, 0.25) is 0 Å². The smallest absolute Gasteiger partial charge is 0.128 e.